The van der Waals surface area contributed by atoms with Crippen LogP contribution in [0.1, 0.15) is 68.1 Å². The Bertz CT molecular complexity index is 676. The van der Waals surface area contributed by atoms with Crippen molar-refractivity contribution in [2.24, 2.45) is 5.92 Å². The number of nitrogens with zero attached hydrogens (tertiary/aromatic N) is 1. The minimum Gasteiger partial charge on any atom is -0.349 e. The second-order valence-electron chi connectivity index (χ2n) is 8.54. The highest BCUT2D eigenvalue weighted by Crippen LogP contribution is 2.31. The Morgan fingerprint density at radius 3 is 2.48 bits per heavy atom. The van der Waals surface area contributed by atoms with E-state index in [1.54, 1.807) is 12.1 Å². The quantitative estimate of drug-likeness (QED) is 0.736. The van der Waals surface area contributed by atoms with Crippen molar-refractivity contribution in [2.75, 3.05) is 18.4 Å². The maximum atomic E-state index is 12.6. The Balaban J connectivity index is 1.31. The van der Waals surface area contributed by atoms with Gasteiger partial charge in [0, 0.05) is 29.9 Å². The van der Waals surface area contributed by atoms with E-state index in [2.05, 4.69) is 15.5 Å². The maximum absolute atomic E-state index is 12.6. The second kappa shape index (κ2) is 8.42. The molecule has 0 saturated heterocycles. The lowest BCUT2D eigenvalue weighted by atomic mass is 9.89. The average molecular weight is 370 g/mol. The minimum absolute atomic E-state index is 0.0254. The summed E-state index contributed by atoms with van der Waals surface area (Å²) >= 11 is 0. The molecular formula is C22H31N3O2. The van der Waals surface area contributed by atoms with Gasteiger partial charge in [-0.1, -0.05) is 25.3 Å². The lowest BCUT2D eigenvalue weighted by Gasteiger charge is -2.29. The first-order valence-corrected chi connectivity index (χ1v) is 10.6. The number of anilines is 1. The fraction of sp³-hybridized carbons (Fsp3) is 0.636. The Kier molecular flexibility index (Phi) is 5.77. The molecule has 1 aromatic carbocycles. The molecule has 3 fully saturated rings. The van der Waals surface area contributed by atoms with Crippen LogP contribution in [0.5, 0.6) is 0 Å². The van der Waals surface area contributed by atoms with Gasteiger partial charge in [0.15, 0.2) is 0 Å². The Morgan fingerprint density at radius 2 is 1.78 bits per heavy atom. The monoisotopic (exact) mass is 369 g/mol. The molecule has 0 unspecified atom stereocenters. The fourth-order valence-electron chi connectivity index (χ4n) is 4.10. The number of hydrogen-bond acceptors (Lipinski definition) is 3. The predicted molar refractivity (Wildman–Crippen MR) is 107 cm³/mol. The molecule has 27 heavy (non-hydrogen) atoms. The van der Waals surface area contributed by atoms with Crippen molar-refractivity contribution in [3.8, 4) is 0 Å². The van der Waals surface area contributed by atoms with Gasteiger partial charge in [-0.05, 0) is 62.6 Å². The molecule has 5 heteroatoms. The van der Waals surface area contributed by atoms with Crippen LogP contribution in [0, 0.1) is 5.92 Å². The molecule has 0 spiro atoms. The molecule has 3 saturated carbocycles. The molecule has 0 radical (unpaired) electrons. The number of carbonyl (C=O) groups is 2. The van der Waals surface area contributed by atoms with E-state index < -0.39 is 0 Å². The molecule has 5 nitrogen and oxygen atoms in total. The third-order valence-electron chi connectivity index (χ3n) is 5.95. The molecular weight excluding hydrogens is 338 g/mol. The standard InChI is InChI=1S/C22H31N3O2/c26-21(15-25(20-11-12-20)14-16-5-2-1-3-6-16)23-19-8-4-7-17(13-19)22(27)24-18-9-10-18/h4,7-8,13,16,18,20H,1-3,5-6,9-12,14-15H2,(H,23,26)(H,24,27). The highest BCUT2D eigenvalue weighted by atomic mass is 16.2. The van der Waals surface area contributed by atoms with Gasteiger partial charge in [0.2, 0.25) is 5.91 Å². The molecule has 3 aliphatic carbocycles. The molecule has 0 heterocycles. The summed E-state index contributed by atoms with van der Waals surface area (Å²) in [6.45, 7) is 1.52. The van der Waals surface area contributed by atoms with Crippen LogP contribution < -0.4 is 10.6 Å². The Morgan fingerprint density at radius 1 is 1.00 bits per heavy atom. The van der Waals surface area contributed by atoms with E-state index in [0.29, 0.717) is 29.9 Å². The third kappa shape index (κ3) is 5.55. The van der Waals surface area contributed by atoms with E-state index in [4.69, 9.17) is 0 Å². The molecule has 3 aliphatic rings. The van der Waals surface area contributed by atoms with E-state index in [-0.39, 0.29) is 11.8 Å². The van der Waals surface area contributed by atoms with Gasteiger partial charge in [0.25, 0.3) is 5.91 Å². The number of benzene rings is 1. The van der Waals surface area contributed by atoms with Crippen molar-refractivity contribution in [3.05, 3.63) is 29.8 Å². The lowest BCUT2D eigenvalue weighted by molar-refractivity contribution is -0.117. The van der Waals surface area contributed by atoms with Crippen molar-refractivity contribution in [1.29, 1.82) is 0 Å². The summed E-state index contributed by atoms with van der Waals surface area (Å²) in [5.41, 5.74) is 1.32. The fourth-order valence-corrected chi connectivity index (χ4v) is 4.10. The van der Waals surface area contributed by atoms with Gasteiger partial charge in [-0.15, -0.1) is 0 Å². The summed E-state index contributed by atoms with van der Waals surface area (Å²) < 4.78 is 0. The summed E-state index contributed by atoms with van der Waals surface area (Å²) in [5, 5.41) is 5.99. The van der Waals surface area contributed by atoms with Crippen molar-refractivity contribution in [3.63, 3.8) is 0 Å². The van der Waals surface area contributed by atoms with Gasteiger partial charge in [-0.25, -0.2) is 0 Å². The number of nitrogens with one attached hydrogen (secondary N) is 2. The summed E-state index contributed by atoms with van der Waals surface area (Å²) in [6, 6.07) is 8.19. The zero-order valence-electron chi connectivity index (χ0n) is 16.1. The minimum atomic E-state index is -0.0505. The molecule has 2 amide bonds. The first kappa shape index (κ1) is 18.5. The van der Waals surface area contributed by atoms with Gasteiger partial charge < -0.3 is 10.6 Å². The van der Waals surface area contributed by atoms with Crippen LogP contribution in [0.3, 0.4) is 0 Å². The average Bonchev–Trinajstić information content (AvgIpc) is 3.56. The van der Waals surface area contributed by atoms with Crippen LogP contribution in [0.4, 0.5) is 5.69 Å². The van der Waals surface area contributed by atoms with Crippen LogP contribution in [0.25, 0.3) is 0 Å². The Labute approximate surface area is 161 Å². The van der Waals surface area contributed by atoms with Gasteiger partial charge in [-0.3, -0.25) is 14.5 Å². The summed E-state index contributed by atoms with van der Waals surface area (Å²) in [5.74, 6) is 0.726. The number of hydrogen-bond donors (Lipinski definition) is 2. The number of rotatable bonds is 8. The van der Waals surface area contributed by atoms with E-state index in [9.17, 15) is 9.59 Å². The van der Waals surface area contributed by atoms with Crippen LogP contribution in [0.15, 0.2) is 24.3 Å². The summed E-state index contributed by atoms with van der Waals surface area (Å²) in [7, 11) is 0. The molecule has 1 aromatic rings. The summed E-state index contributed by atoms with van der Waals surface area (Å²) in [6.07, 6.45) is 11.2. The molecule has 146 valence electrons. The first-order chi connectivity index (χ1) is 13.2. The molecule has 0 aliphatic heterocycles. The number of amides is 2. The predicted octanol–water partition coefficient (Wildman–Crippen LogP) is 3.56. The SMILES string of the molecule is O=C(CN(CC1CCCCC1)C1CC1)Nc1cccc(C(=O)NC2CC2)c1. The topological polar surface area (TPSA) is 61.4 Å². The van der Waals surface area contributed by atoms with E-state index in [0.717, 1.165) is 25.3 Å². The molecule has 0 atom stereocenters. The largest absolute Gasteiger partial charge is 0.349 e. The first-order valence-electron chi connectivity index (χ1n) is 10.6. The molecule has 0 bridgehead atoms. The van der Waals surface area contributed by atoms with E-state index in [1.807, 2.05) is 12.1 Å². The van der Waals surface area contributed by atoms with Gasteiger partial charge >= 0.3 is 0 Å². The zero-order valence-corrected chi connectivity index (χ0v) is 16.1. The van der Waals surface area contributed by atoms with Crippen molar-refractivity contribution in [1.82, 2.24) is 10.2 Å². The van der Waals surface area contributed by atoms with Crippen molar-refractivity contribution in [2.45, 2.75) is 69.9 Å². The van der Waals surface area contributed by atoms with Crippen LogP contribution in [-0.4, -0.2) is 41.9 Å². The second-order valence-corrected chi connectivity index (χ2v) is 8.54. The van der Waals surface area contributed by atoms with E-state index >= 15 is 0 Å². The van der Waals surface area contributed by atoms with E-state index in [1.165, 1.54) is 44.9 Å². The molecule has 4 rings (SSSR count). The van der Waals surface area contributed by atoms with Gasteiger partial charge in [0.1, 0.15) is 0 Å². The van der Waals surface area contributed by atoms with Crippen molar-refractivity contribution >= 4 is 17.5 Å². The smallest absolute Gasteiger partial charge is 0.251 e. The highest BCUT2D eigenvalue weighted by Gasteiger charge is 2.32. The van der Waals surface area contributed by atoms with Gasteiger partial charge in [0.05, 0.1) is 6.54 Å². The van der Waals surface area contributed by atoms with Crippen LogP contribution >= 0.6 is 0 Å². The lowest BCUT2D eigenvalue weighted by Crippen LogP contribution is -2.38. The zero-order chi connectivity index (χ0) is 18.6. The highest BCUT2D eigenvalue weighted by molar-refractivity contribution is 5.97. The number of carbonyl (C=O) groups excluding carboxylic acids is 2. The van der Waals surface area contributed by atoms with Crippen LogP contribution in [-0.2, 0) is 4.79 Å². The van der Waals surface area contributed by atoms with Crippen molar-refractivity contribution < 1.29 is 9.59 Å². The maximum Gasteiger partial charge on any atom is 0.251 e. The van der Waals surface area contributed by atoms with Gasteiger partial charge in [-0.2, -0.15) is 0 Å². The Hall–Kier alpha value is -1.88. The third-order valence-corrected chi connectivity index (χ3v) is 5.95. The summed E-state index contributed by atoms with van der Waals surface area (Å²) in [4.78, 5) is 27.2. The normalized spacial score (nSPS) is 20.5. The molecule has 2 N–H and O–H groups in total. The van der Waals surface area contributed by atoms with Crippen LogP contribution in [0.2, 0.25) is 0 Å². The molecule has 0 aromatic heterocycles.